The summed E-state index contributed by atoms with van der Waals surface area (Å²) in [6, 6.07) is -0.141. The third-order valence-corrected chi connectivity index (χ3v) is 2.75. The lowest BCUT2D eigenvalue weighted by Crippen LogP contribution is -2.51. The van der Waals surface area contributed by atoms with Crippen LogP contribution < -0.4 is 10.6 Å². The zero-order valence-electron chi connectivity index (χ0n) is 11.2. The van der Waals surface area contributed by atoms with Gasteiger partial charge in [0.15, 0.2) is 0 Å². The monoisotopic (exact) mass is 258 g/mol. The molecule has 1 rings (SSSR count). The molecule has 18 heavy (non-hydrogen) atoms. The molecule has 0 bridgehead atoms. The van der Waals surface area contributed by atoms with Crippen LogP contribution in [0, 0.1) is 5.92 Å². The van der Waals surface area contributed by atoms with Crippen LogP contribution >= 0.6 is 0 Å². The Morgan fingerprint density at radius 2 is 2.11 bits per heavy atom. The van der Waals surface area contributed by atoms with E-state index in [1.54, 1.807) is 20.8 Å². The van der Waals surface area contributed by atoms with Crippen molar-refractivity contribution < 1.29 is 19.4 Å². The van der Waals surface area contributed by atoms with Crippen LogP contribution in [-0.2, 0) is 9.53 Å². The lowest BCUT2D eigenvalue weighted by Gasteiger charge is -2.32. The number of ether oxygens (including phenoxy) is 1. The van der Waals surface area contributed by atoms with Gasteiger partial charge < -0.3 is 20.5 Å². The number of aliphatic carboxylic acids is 1. The molecule has 104 valence electrons. The van der Waals surface area contributed by atoms with Crippen LogP contribution in [0.3, 0.4) is 0 Å². The minimum Gasteiger partial charge on any atom is -0.481 e. The number of amides is 1. The van der Waals surface area contributed by atoms with Crippen molar-refractivity contribution in [3.63, 3.8) is 0 Å². The molecular weight excluding hydrogens is 236 g/mol. The van der Waals surface area contributed by atoms with Crippen molar-refractivity contribution in [1.29, 1.82) is 0 Å². The summed E-state index contributed by atoms with van der Waals surface area (Å²) in [5.41, 5.74) is -0.542. The van der Waals surface area contributed by atoms with Gasteiger partial charge in [-0.3, -0.25) is 4.79 Å². The second-order valence-corrected chi connectivity index (χ2v) is 5.60. The van der Waals surface area contributed by atoms with Gasteiger partial charge in [-0.2, -0.15) is 0 Å². The number of carboxylic acid groups (broad SMARTS) is 1. The molecule has 1 amide bonds. The summed E-state index contributed by atoms with van der Waals surface area (Å²) in [5, 5.41) is 14.7. The maximum absolute atomic E-state index is 11.7. The van der Waals surface area contributed by atoms with Crippen molar-refractivity contribution in [2.75, 3.05) is 13.1 Å². The van der Waals surface area contributed by atoms with Gasteiger partial charge >= 0.3 is 12.1 Å². The van der Waals surface area contributed by atoms with Gasteiger partial charge in [0, 0.05) is 18.5 Å². The second-order valence-electron chi connectivity index (χ2n) is 5.60. The van der Waals surface area contributed by atoms with Gasteiger partial charge in [-0.1, -0.05) is 0 Å². The summed E-state index contributed by atoms with van der Waals surface area (Å²) in [6.07, 6.45) is 0.287. The van der Waals surface area contributed by atoms with Crippen molar-refractivity contribution in [3.8, 4) is 0 Å². The van der Waals surface area contributed by atoms with Gasteiger partial charge in [-0.05, 0) is 33.7 Å². The summed E-state index contributed by atoms with van der Waals surface area (Å²) in [7, 11) is 0. The first-order valence-electron chi connectivity index (χ1n) is 6.20. The van der Waals surface area contributed by atoms with Gasteiger partial charge in [0.25, 0.3) is 0 Å². The molecule has 1 aliphatic rings. The normalized spacial score (nSPS) is 24.4. The predicted molar refractivity (Wildman–Crippen MR) is 66.4 cm³/mol. The van der Waals surface area contributed by atoms with Gasteiger partial charge in [0.1, 0.15) is 5.60 Å². The Labute approximate surface area is 107 Å². The number of alkyl carbamates (subject to hydrolysis) is 1. The average Bonchev–Trinajstić information content (AvgIpc) is 2.17. The van der Waals surface area contributed by atoms with Gasteiger partial charge in [0.05, 0.1) is 6.42 Å². The molecule has 3 N–H and O–H groups in total. The Balaban J connectivity index is 2.51. The Morgan fingerprint density at radius 3 is 2.67 bits per heavy atom. The fourth-order valence-corrected chi connectivity index (χ4v) is 2.01. The van der Waals surface area contributed by atoms with E-state index in [4.69, 9.17) is 9.84 Å². The van der Waals surface area contributed by atoms with Gasteiger partial charge in [0.2, 0.25) is 0 Å². The number of carbonyl (C=O) groups is 2. The maximum Gasteiger partial charge on any atom is 0.407 e. The van der Waals surface area contributed by atoms with E-state index in [0.717, 1.165) is 13.0 Å². The minimum absolute atomic E-state index is 0.0491. The molecule has 0 radical (unpaired) electrons. The lowest BCUT2D eigenvalue weighted by molar-refractivity contribution is -0.138. The Kier molecular flexibility index (Phi) is 4.95. The summed E-state index contributed by atoms with van der Waals surface area (Å²) >= 11 is 0. The molecule has 0 spiro atoms. The lowest BCUT2D eigenvalue weighted by atomic mass is 9.90. The third-order valence-electron chi connectivity index (χ3n) is 2.75. The minimum atomic E-state index is -0.848. The summed E-state index contributed by atoms with van der Waals surface area (Å²) < 4.78 is 5.18. The number of hydrogen-bond donors (Lipinski definition) is 3. The van der Waals surface area contributed by atoms with Crippen molar-refractivity contribution in [2.45, 2.75) is 45.3 Å². The Bertz CT molecular complexity index is 312. The number of carbonyl (C=O) groups excluding carboxylic acids is 1. The van der Waals surface area contributed by atoms with Crippen LogP contribution in [-0.4, -0.2) is 41.9 Å². The molecule has 6 nitrogen and oxygen atoms in total. The molecule has 0 aromatic carbocycles. The van der Waals surface area contributed by atoms with Crippen LogP contribution in [0.2, 0.25) is 0 Å². The highest BCUT2D eigenvalue weighted by atomic mass is 16.6. The standard InChI is InChI=1S/C12H22N2O4/c1-12(2,3)18-11(17)14-9-4-5-13-7-8(9)6-10(15)16/h8-9,13H,4-7H2,1-3H3,(H,14,17)(H,15,16)/t8-,9-/m1/s1. The molecule has 6 heteroatoms. The van der Waals surface area contributed by atoms with Crippen molar-refractivity contribution >= 4 is 12.1 Å². The number of hydrogen-bond acceptors (Lipinski definition) is 4. The van der Waals surface area contributed by atoms with E-state index in [9.17, 15) is 9.59 Å². The molecular formula is C12H22N2O4. The number of nitrogens with one attached hydrogen (secondary N) is 2. The van der Waals surface area contributed by atoms with Crippen molar-refractivity contribution in [1.82, 2.24) is 10.6 Å². The molecule has 0 aromatic rings. The first kappa shape index (κ1) is 14.8. The fraction of sp³-hybridized carbons (Fsp3) is 0.833. The van der Waals surface area contributed by atoms with Crippen LogP contribution in [0.5, 0.6) is 0 Å². The third kappa shape index (κ3) is 5.35. The van der Waals surface area contributed by atoms with Gasteiger partial charge in [-0.15, -0.1) is 0 Å². The Hall–Kier alpha value is -1.30. The predicted octanol–water partition coefficient (Wildman–Crippen LogP) is 0.964. The summed E-state index contributed by atoms with van der Waals surface area (Å²) in [4.78, 5) is 22.4. The zero-order valence-corrected chi connectivity index (χ0v) is 11.2. The summed E-state index contributed by atoms with van der Waals surface area (Å²) in [6.45, 7) is 6.76. The van der Waals surface area contributed by atoms with Crippen molar-refractivity contribution in [2.24, 2.45) is 5.92 Å². The first-order chi connectivity index (χ1) is 8.28. The molecule has 0 aromatic heterocycles. The van der Waals surface area contributed by atoms with Crippen LogP contribution in [0.4, 0.5) is 4.79 Å². The topological polar surface area (TPSA) is 87.7 Å². The highest BCUT2D eigenvalue weighted by Crippen LogP contribution is 2.16. The molecule has 1 fully saturated rings. The van der Waals surface area contributed by atoms with Crippen LogP contribution in [0.1, 0.15) is 33.6 Å². The molecule has 2 atom stereocenters. The van der Waals surface area contributed by atoms with E-state index < -0.39 is 17.7 Å². The molecule has 1 heterocycles. The largest absolute Gasteiger partial charge is 0.481 e. The molecule has 1 aliphatic heterocycles. The van der Waals surface area contributed by atoms with E-state index in [0.29, 0.717) is 6.54 Å². The zero-order chi connectivity index (χ0) is 13.8. The number of piperidine rings is 1. The fourth-order valence-electron chi connectivity index (χ4n) is 2.01. The molecule has 1 saturated heterocycles. The SMILES string of the molecule is CC(C)(C)OC(=O)N[C@@H]1CCNC[C@H]1CC(=O)O. The smallest absolute Gasteiger partial charge is 0.407 e. The quantitative estimate of drug-likeness (QED) is 0.702. The van der Waals surface area contributed by atoms with E-state index in [-0.39, 0.29) is 18.4 Å². The highest BCUT2D eigenvalue weighted by molar-refractivity contribution is 5.69. The van der Waals surface area contributed by atoms with E-state index >= 15 is 0 Å². The van der Waals surface area contributed by atoms with Crippen molar-refractivity contribution in [3.05, 3.63) is 0 Å². The van der Waals surface area contributed by atoms with Gasteiger partial charge in [-0.25, -0.2) is 4.79 Å². The molecule has 0 saturated carbocycles. The first-order valence-corrected chi connectivity index (χ1v) is 6.20. The Morgan fingerprint density at radius 1 is 1.44 bits per heavy atom. The molecule has 0 aliphatic carbocycles. The van der Waals surface area contributed by atoms with Crippen LogP contribution in [0.15, 0.2) is 0 Å². The highest BCUT2D eigenvalue weighted by Gasteiger charge is 2.29. The van der Waals surface area contributed by atoms with E-state index in [1.165, 1.54) is 0 Å². The number of carboxylic acids is 1. The van der Waals surface area contributed by atoms with Crippen LogP contribution in [0.25, 0.3) is 0 Å². The average molecular weight is 258 g/mol. The van der Waals surface area contributed by atoms with E-state index in [1.807, 2.05) is 0 Å². The van der Waals surface area contributed by atoms with E-state index in [2.05, 4.69) is 10.6 Å². The second kappa shape index (κ2) is 6.04. The summed E-state index contributed by atoms with van der Waals surface area (Å²) in [5.74, 6) is -0.941. The number of rotatable bonds is 3. The maximum atomic E-state index is 11.7. The molecule has 0 unspecified atom stereocenters.